The summed E-state index contributed by atoms with van der Waals surface area (Å²) in [5, 5.41) is 3.04. The van der Waals surface area contributed by atoms with Gasteiger partial charge in [0, 0.05) is 18.9 Å². The summed E-state index contributed by atoms with van der Waals surface area (Å²) in [7, 11) is 3.04. The SMILES string of the molecule is COCc1cc(=O)[nH]c(SC(C)C(=O)Nc2ccc(OC)c(Cl)c2)n1. The maximum absolute atomic E-state index is 12.3. The molecule has 2 rings (SSSR count). The van der Waals surface area contributed by atoms with Gasteiger partial charge in [-0.3, -0.25) is 9.59 Å². The molecule has 0 saturated carbocycles. The molecule has 9 heteroatoms. The fourth-order valence-corrected chi connectivity index (χ4v) is 3.06. The van der Waals surface area contributed by atoms with Crippen molar-refractivity contribution < 1.29 is 14.3 Å². The number of aromatic amines is 1. The first-order valence-electron chi connectivity index (χ1n) is 7.33. The smallest absolute Gasteiger partial charge is 0.251 e. The molecule has 0 saturated heterocycles. The number of methoxy groups -OCH3 is 2. The van der Waals surface area contributed by atoms with E-state index in [1.807, 2.05) is 0 Å². The van der Waals surface area contributed by atoms with Crippen LogP contribution in [-0.2, 0) is 16.1 Å². The van der Waals surface area contributed by atoms with Gasteiger partial charge in [-0.05, 0) is 25.1 Å². The van der Waals surface area contributed by atoms with Gasteiger partial charge in [0.15, 0.2) is 5.16 Å². The standard InChI is InChI=1S/C16H18ClN3O4S/c1-9(25-16-19-11(8-23-2)7-14(21)20-16)15(22)18-10-4-5-13(24-3)12(17)6-10/h4-7,9H,8H2,1-3H3,(H,18,22)(H,19,20,21). The summed E-state index contributed by atoms with van der Waals surface area (Å²) < 4.78 is 10.0. The Labute approximate surface area is 154 Å². The van der Waals surface area contributed by atoms with Gasteiger partial charge in [0.25, 0.3) is 5.56 Å². The number of rotatable bonds is 7. The zero-order valence-electron chi connectivity index (χ0n) is 14.0. The summed E-state index contributed by atoms with van der Waals surface area (Å²) in [6.45, 7) is 1.94. The molecule has 1 unspecified atom stereocenters. The number of halogens is 1. The van der Waals surface area contributed by atoms with Crippen molar-refractivity contribution in [2.24, 2.45) is 0 Å². The van der Waals surface area contributed by atoms with Crippen molar-refractivity contribution in [2.75, 3.05) is 19.5 Å². The van der Waals surface area contributed by atoms with Gasteiger partial charge in [-0.2, -0.15) is 0 Å². The average molecular weight is 384 g/mol. The Morgan fingerprint density at radius 1 is 1.40 bits per heavy atom. The van der Waals surface area contributed by atoms with E-state index in [0.29, 0.717) is 27.3 Å². The van der Waals surface area contributed by atoms with Crippen molar-refractivity contribution in [1.29, 1.82) is 0 Å². The number of nitrogens with zero attached hydrogens (tertiary/aromatic N) is 1. The highest BCUT2D eigenvalue weighted by Gasteiger charge is 2.17. The lowest BCUT2D eigenvalue weighted by atomic mass is 10.3. The number of hydrogen-bond acceptors (Lipinski definition) is 6. The number of benzene rings is 1. The molecule has 134 valence electrons. The number of aromatic nitrogens is 2. The van der Waals surface area contributed by atoms with E-state index in [0.717, 1.165) is 11.8 Å². The van der Waals surface area contributed by atoms with Crippen LogP contribution in [0.1, 0.15) is 12.6 Å². The molecule has 1 aromatic heterocycles. The lowest BCUT2D eigenvalue weighted by Gasteiger charge is -2.12. The molecule has 1 heterocycles. The second-order valence-corrected chi connectivity index (χ2v) is 6.81. The van der Waals surface area contributed by atoms with Crippen molar-refractivity contribution in [3.05, 3.63) is 45.3 Å². The summed E-state index contributed by atoms with van der Waals surface area (Å²) >= 11 is 7.19. The third kappa shape index (κ3) is 5.48. The molecule has 25 heavy (non-hydrogen) atoms. The number of anilines is 1. The Hall–Kier alpha value is -2.03. The van der Waals surface area contributed by atoms with E-state index < -0.39 is 5.25 Å². The van der Waals surface area contributed by atoms with Crippen LogP contribution >= 0.6 is 23.4 Å². The van der Waals surface area contributed by atoms with E-state index in [1.165, 1.54) is 20.3 Å². The van der Waals surface area contributed by atoms with Gasteiger partial charge >= 0.3 is 0 Å². The number of carbonyl (C=O) groups excluding carboxylic acids is 1. The highest BCUT2D eigenvalue weighted by molar-refractivity contribution is 8.00. The van der Waals surface area contributed by atoms with Gasteiger partial charge in [0.05, 0.1) is 29.7 Å². The highest BCUT2D eigenvalue weighted by Crippen LogP contribution is 2.28. The molecule has 0 fully saturated rings. The maximum Gasteiger partial charge on any atom is 0.251 e. The summed E-state index contributed by atoms with van der Waals surface area (Å²) in [4.78, 5) is 30.8. The van der Waals surface area contributed by atoms with Crippen molar-refractivity contribution in [1.82, 2.24) is 9.97 Å². The lowest BCUT2D eigenvalue weighted by Crippen LogP contribution is -2.23. The Bertz CT molecular complexity index is 812. The fourth-order valence-electron chi connectivity index (χ4n) is 1.97. The van der Waals surface area contributed by atoms with E-state index in [-0.39, 0.29) is 18.1 Å². The average Bonchev–Trinajstić information content (AvgIpc) is 2.54. The van der Waals surface area contributed by atoms with Crippen LogP contribution in [-0.4, -0.2) is 35.3 Å². The molecule has 2 aromatic rings. The van der Waals surface area contributed by atoms with Gasteiger partial charge in [0.2, 0.25) is 5.91 Å². The molecule has 7 nitrogen and oxygen atoms in total. The molecule has 0 aliphatic carbocycles. The molecule has 0 aliphatic rings. The van der Waals surface area contributed by atoms with Crippen LogP contribution in [0.4, 0.5) is 5.69 Å². The quantitative estimate of drug-likeness (QED) is 0.564. The monoisotopic (exact) mass is 383 g/mol. The zero-order chi connectivity index (χ0) is 18.4. The second kappa shape index (κ2) is 8.89. The topological polar surface area (TPSA) is 93.3 Å². The second-order valence-electron chi connectivity index (χ2n) is 5.07. The molecular weight excluding hydrogens is 366 g/mol. The highest BCUT2D eigenvalue weighted by atomic mass is 35.5. The summed E-state index contributed by atoms with van der Waals surface area (Å²) in [5.74, 6) is 0.282. The molecule has 0 spiro atoms. The minimum absolute atomic E-state index is 0.225. The molecule has 1 amide bonds. The molecule has 0 radical (unpaired) electrons. The molecule has 1 atom stereocenters. The number of amides is 1. The number of hydrogen-bond donors (Lipinski definition) is 2. The van der Waals surface area contributed by atoms with Crippen molar-refractivity contribution in [3.8, 4) is 5.75 Å². The van der Waals surface area contributed by atoms with Crippen molar-refractivity contribution in [2.45, 2.75) is 23.9 Å². The Kier molecular flexibility index (Phi) is 6.86. The van der Waals surface area contributed by atoms with Gasteiger partial charge in [-0.1, -0.05) is 23.4 Å². The van der Waals surface area contributed by atoms with E-state index in [9.17, 15) is 9.59 Å². The fraction of sp³-hybridized carbons (Fsp3) is 0.312. The number of ether oxygens (including phenoxy) is 2. The van der Waals surface area contributed by atoms with E-state index in [4.69, 9.17) is 21.1 Å². The van der Waals surface area contributed by atoms with Crippen LogP contribution in [0.2, 0.25) is 5.02 Å². The first-order valence-corrected chi connectivity index (χ1v) is 8.59. The first-order chi connectivity index (χ1) is 11.9. The summed E-state index contributed by atoms with van der Waals surface area (Å²) in [5.41, 5.74) is 0.764. The normalized spacial score (nSPS) is 11.8. The van der Waals surface area contributed by atoms with Crippen LogP contribution in [0.25, 0.3) is 0 Å². The number of thioether (sulfide) groups is 1. The Morgan fingerprint density at radius 2 is 2.16 bits per heavy atom. The molecule has 0 bridgehead atoms. The van der Waals surface area contributed by atoms with Crippen molar-refractivity contribution >= 4 is 35.0 Å². The van der Waals surface area contributed by atoms with Crippen LogP contribution in [0.5, 0.6) is 5.75 Å². The van der Waals surface area contributed by atoms with Crippen LogP contribution in [0.15, 0.2) is 34.2 Å². The largest absolute Gasteiger partial charge is 0.495 e. The van der Waals surface area contributed by atoms with Gasteiger partial charge < -0.3 is 19.8 Å². The number of nitrogens with one attached hydrogen (secondary N) is 2. The van der Waals surface area contributed by atoms with E-state index >= 15 is 0 Å². The van der Waals surface area contributed by atoms with Gasteiger partial charge in [-0.25, -0.2) is 4.98 Å². The number of carbonyl (C=O) groups is 1. The minimum Gasteiger partial charge on any atom is -0.495 e. The van der Waals surface area contributed by atoms with Crippen LogP contribution in [0.3, 0.4) is 0 Å². The number of H-pyrrole nitrogens is 1. The molecular formula is C16H18ClN3O4S. The summed E-state index contributed by atoms with van der Waals surface area (Å²) in [6, 6.07) is 6.33. The zero-order valence-corrected chi connectivity index (χ0v) is 15.5. The lowest BCUT2D eigenvalue weighted by molar-refractivity contribution is -0.115. The summed E-state index contributed by atoms with van der Waals surface area (Å²) in [6.07, 6.45) is 0. The Balaban J connectivity index is 2.05. The van der Waals surface area contributed by atoms with Crippen LogP contribution in [0, 0.1) is 0 Å². The van der Waals surface area contributed by atoms with E-state index in [2.05, 4.69) is 15.3 Å². The van der Waals surface area contributed by atoms with Gasteiger partial charge in [-0.15, -0.1) is 0 Å². The maximum atomic E-state index is 12.3. The molecule has 1 aromatic carbocycles. The van der Waals surface area contributed by atoms with E-state index in [1.54, 1.807) is 25.1 Å². The first kappa shape index (κ1) is 19.3. The van der Waals surface area contributed by atoms with Gasteiger partial charge in [0.1, 0.15) is 5.75 Å². The predicted octanol–water partition coefficient (Wildman–Crippen LogP) is 2.70. The molecule has 0 aliphatic heterocycles. The Morgan fingerprint density at radius 3 is 2.80 bits per heavy atom. The van der Waals surface area contributed by atoms with Crippen molar-refractivity contribution in [3.63, 3.8) is 0 Å². The third-order valence-electron chi connectivity index (χ3n) is 3.14. The minimum atomic E-state index is -0.484. The molecule has 2 N–H and O–H groups in total. The third-order valence-corrected chi connectivity index (χ3v) is 4.42. The predicted molar refractivity (Wildman–Crippen MR) is 97.5 cm³/mol. The van der Waals surface area contributed by atoms with Crippen LogP contribution < -0.4 is 15.6 Å².